The number of hydrogen-bond donors (Lipinski definition) is 0. The summed E-state index contributed by atoms with van der Waals surface area (Å²) >= 11 is 0. The first-order valence-corrected chi connectivity index (χ1v) is 10.7. The fourth-order valence-electron chi connectivity index (χ4n) is 3.87. The summed E-state index contributed by atoms with van der Waals surface area (Å²) in [7, 11) is 0. The van der Waals surface area contributed by atoms with Gasteiger partial charge in [0.15, 0.2) is 12.4 Å². The van der Waals surface area contributed by atoms with E-state index in [1.165, 1.54) is 5.39 Å². The van der Waals surface area contributed by atoms with Gasteiger partial charge < -0.3 is 14.2 Å². The summed E-state index contributed by atoms with van der Waals surface area (Å²) < 4.78 is 11.1. The number of nitrogens with zero attached hydrogens (tertiary/aromatic N) is 4. The Kier molecular flexibility index (Phi) is 5.81. The van der Waals surface area contributed by atoms with Crippen LogP contribution in [0.25, 0.3) is 22.2 Å². The Morgan fingerprint density at radius 3 is 2.47 bits per heavy atom. The summed E-state index contributed by atoms with van der Waals surface area (Å²) in [6, 6.07) is 23.7. The van der Waals surface area contributed by atoms with Crippen LogP contribution >= 0.6 is 0 Å². The molecule has 7 heteroatoms. The van der Waals surface area contributed by atoms with Gasteiger partial charge in [-0.1, -0.05) is 53.7 Å². The van der Waals surface area contributed by atoms with Crippen molar-refractivity contribution >= 4 is 16.7 Å². The molecule has 0 atom stereocenters. The second-order valence-corrected chi connectivity index (χ2v) is 7.84. The quantitative estimate of drug-likeness (QED) is 0.467. The normalized spacial score (nSPS) is 14.6. The minimum atomic E-state index is 0.00616. The van der Waals surface area contributed by atoms with Gasteiger partial charge in [-0.05, 0) is 35.0 Å². The zero-order valence-electron chi connectivity index (χ0n) is 17.7. The molecule has 1 aliphatic rings. The van der Waals surface area contributed by atoms with Gasteiger partial charge >= 0.3 is 0 Å². The standard InChI is InChI=1S/C25H24N4O3/c30-24(18-31-22-8-2-1-3-9-22)29-14-12-28(13-15-29)17-23-26-25(32-27-23)21-11-10-19-6-4-5-7-20(19)16-21/h1-11,16H,12-15,17-18H2. The summed E-state index contributed by atoms with van der Waals surface area (Å²) in [5, 5.41) is 6.47. The van der Waals surface area contributed by atoms with Crippen molar-refractivity contribution in [3.8, 4) is 17.2 Å². The number of amides is 1. The lowest BCUT2D eigenvalue weighted by molar-refractivity contribution is -0.135. The van der Waals surface area contributed by atoms with Crippen molar-refractivity contribution in [2.45, 2.75) is 6.54 Å². The minimum absolute atomic E-state index is 0.00616. The van der Waals surface area contributed by atoms with Crippen LogP contribution in [0.15, 0.2) is 77.3 Å². The van der Waals surface area contributed by atoms with E-state index in [0.29, 0.717) is 37.1 Å². The van der Waals surface area contributed by atoms with Gasteiger partial charge in [-0.3, -0.25) is 9.69 Å². The lowest BCUT2D eigenvalue weighted by atomic mass is 10.1. The zero-order chi connectivity index (χ0) is 21.8. The summed E-state index contributed by atoms with van der Waals surface area (Å²) in [5.74, 6) is 1.89. The highest BCUT2D eigenvalue weighted by atomic mass is 16.5. The molecule has 0 bridgehead atoms. The molecule has 0 spiro atoms. The third kappa shape index (κ3) is 4.63. The number of piperazine rings is 1. The fourth-order valence-corrected chi connectivity index (χ4v) is 3.87. The second-order valence-electron chi connectivity index (χ2n) is 7.84. The molecule has 4 aromatic rings. The highest BCUT2D eigenvalue weighted by molar-refractivity contribution is 5.86. The van der Waals surface area contributed by atoms with Gasteiger partial charge in [0, 0.05) is 31.7 Å². The largest absolute Gasteiger partial charge is 0.484 e. The predicted octanol–water partition coefficient (Wildman–Crippen LogP) is 3.61. The number of ether oxygens (including phenoxy) is 1. The number of aromatic nitrogens is 2. The van der Waals surface area contributed by atoms with Crippen molar-refractivity contribution in [1.29, 1.82) is 0 Å². The first-order valence-electron chi connectivity index (χ1n) is 10.7. The van der Waals surface area contributed by atoms with E-state index in [4.69, 9.17) is 9.26 Å². The first-order chi connectivity index (χ1) is 15.7. The van der Waals surface area contributed by atoms with Crippen molar-refractivity contribution in [3.05, 3.63) is 78.6 Å². The summed E-state index contributed by atoms with van der Waals surface area (Å²) in [5.41, 5.74) is 0.913. The third-order valence-corrected chi connectivity index (χ3v) is 5.66. The van der Waals surface area contributed by atoms with Crippen LogP contribution in [0.5, 0.6) is 5.75 Å². The molecule has 1 fully saturated rings. The molecule has 0 saturated carbocycles. The average molecular weight is 428 g/mol. The number of carbonyl (C=O) groups excluding carboxylic acids is 1. The molecule has 1 aliphatic heterocycles. The van der Waals surface area contributed by atoms with Gasteiger partial charge in [-0.2, -0.15) is 4.98 Å². The minimum Gasteiger partial charge on any atom is -0.484 e. The van der Waals surface area contributed by atoms with E-state index in [-0.39, 0.29) is 12.5 Å². The van der Waals surface area contributed by atoms with Crippen molar-refractivity contribution in [2.24, 2.45) is 0 Å². The molecular formula is C25H24N4O3. The Bertz CT molecular complexity index is 1200. The molecule has 1 amide bonds. The maximum absolute atomic E-state index is 12.4. The molecule has 7 nitrogen and oxygen atoms in total. The molecule has 162 valence electrons. The second kappa shape index (κ2) is 9.20. The summed E-state index contributed by atoms with van der Waals surface area (Å²) in [6.07, 6.45) is 0. The fraction of sp³-hybridized carbons (Fsp3) is 0.240. The molecule has 0 aliphatic carbocycles. The monoisotopic (exact) mass is 428 g/mol. The van der Waals surface area contributed by atoms with Crippen molar-refractivity contribution in [2.75, 3.05) is 32.8 Å². The van der Waals surface area contributed by atoms with E-state index in [2.05, 4.69) is 39.3 Å². The number of fused-ring (bicyclic) bond motifs is 1. The first kappa shape index (κ1) is 20.2. The number of carbonyl (C=O) groups is 1. The Morgan fingerprint density at radius 1 is 0.906 bits per heavy atom. The number of para-hydroxylation sites is 1. The Hall–Kier alpha value is -3.71. The summed E-state index contributed by atoms with van der Waals surface area (Å²) in [6.45, 7) is 3.50. The van der Waals surface area contributed by atoms with Crippen molar-refractivity contribution in [3.63, 3.8) is 0 Å². The Morgan fingerprint density at radius 2 is 1.66 bits per heavy atom. The summed E-state index contributed by atoms with van der Waals surface area (Å²) in [4.78, 5) is 21.1. The zero-order valence-corrected chi connectivity index (χ0v) is 17.7. The van der Waals surface area contributed by atoms with E-state index in [1.54, 1.807) is 0 Å². The molecule has 5 rings (SSSR count). The van der Waals surface area contributed by atoms with Gasteiger partial charge in [0.25, 0.3) is 11.8 Å². The lowest BCUT2D eigenvalue weighted by Crippen LogP contribution is -2.49. The molecule has 2 heterocycles. The van der Waals surface area contributed by atoms with E-state index in [0.717, 1.165) is 24.0 Å². The molecule has 1 aromatic heterocycles. The highest BCUT2D eigenvalue weighted by Gasteiger charge is 2.23. The van der Waals surface area contributed by atoms with Gasteiger partial charge in [-0.25, -0.2) is 0 Å². The van der Waals surface area contributed by atoms with Crippen LogP contribution in [0.2, 0.25) is 0 Å². The van der Waals surface area contributed by atoms with Crippen LogP contribution in [0.1, 0.15) is 5.82 Å². The van der Waals surface area contributed by atoms with Crippen LogP contribution in [-0.2, 0) is 11.3 Å². The number of benzene rings is 3. The molecular weight excluding hydrogens is 404 g/mol. The maximum atomic E-state index is 12.4. The van der Waals surface area contributed by atoms with Crippen LogP contribution < -0.4 is 4.74 Å². The Balaban J connectivity index is 1.13. The molecule has 3 aromatic carbocycles. The smallest absolute Gasteiger partial charge is 0.260 e. The number of rotatable bonds is 6. The average Bonchev–Trinajstić information content (AvgIpc) is 3.32. The van der Waals surface area contributed by atoms with Crippen molar-refractivity contribution < 1.29 is 14.1 Å². The van der Waals surface area contributed by atoms with Crippen LogP contribution in [0.3, 0.4) is 0 Å². The van der Waals surface area contributed by atoms with E-state index >= 15 is 0 Å². The molecule has 0 radical (unpaired) electrons. The third-order valence-electron chi connectivity index (χ3n) is 5.66. The van der Waals surface area contributed by atoms with Gasteiger partial charge in [0.05, 0.1) is 6.54 Å². The SMILES string of the molecule is O=C(COc1ccccc1)N1CCN(Cc2noc(-c3ccc4ccccc4c3)n2)CC1. The van der Waals surface area contributed by atoms with E-state index in [9.17, 15) is 4.79 Å². The van der Waals surface area contributed by atoms with E-state index in [1.807, 2.05) is 53.4 Å². The van der Waals surface area contributed by atoms with Gasteiger partial charge in [0.1, 0.15) is 5.75 Å². The van der Waals surface area contributed by atoms with Crippen LogP contribution in [0, 0.1) is 0 Å². The topological polar surface area (TPSA) is 71.7 Å². The van der Waals surface area contributed by atoms with E-state index < -0.39 is 0 Å². The highest BCUT2D eigenvalue weighted by Crippen LogP contribution is 2.23. The maximum Gasteiger partial charge on any atom is 0.260 e. The molecule has 32 heavy (non-hydrogen) atoms. The van der Waals surface area contributed by atoms with Crippen molar-refractivity contribution in [1.82, 2.24) is 19.9 Å². The lowest BCUT2D eigenvalue weighted by Gasteiger charge is -2.33. The molecule has 0 N–H and O–H groups in total. The molecule has 1 saturated heterocycles. The Labute approximate surface area is 186 Å². The van der Waals surface area contributed by atoms with Crippen LogP contribution in [0.4, 0.5) is 0 Å². The van der Waals surface area contributed by atoms with Gasteiger partial charge in [-0.15, -0.1) is 0 Å². The predicted molar refractivity (Wildman–Crippen MR) is 121 cm³/mol. The van der Waals surface area contributed by atoms with Gasteiger partial charge in [0.2, 0.25) is 0 Å². The van der Waals surface area contributed by atoms with Crippen LogP contribution in [-0.4, -0.2) is 58.6 Å². The number of hydrogen-bond acceptors (Lipinski definition) is 6. The molecule has 0 unspecified atom stereocenters.